The number of hydrogen-bond acceptors (Lipinski definition) is 2. The summed E-state index contributed by atoms with van der Waals surface area (Å²) in [7, 11) is 0. The van der Waals surface area contributed by atoms with Gasteiger partial charge in [0.2, 0.25) is 5.91 Å². The second-order valence-electron chi connectivity index (χ2n) is 5.15. The number of piperidine rings is 1. The lowest BCUT2D eigenvalue weighted by Gasteiger charge is -2.35. The number of amides is 1. The number of para-hydroxylation sites is 1. The molecule has 2 N–H and O–H groups in total. The zero-order valence-electron chi connectivity index (χ0n) is 11.3. The molecule has 3 heteroatoms. The van der Waals surface area contributed by atoms with E-state index in [1.54, 1.807) is 0 Å². The molecule has 1 aliphatic rings. The highest BCUT2D eigenvalue weighted by atomic mass is 16.2. The first-order valence-corrected chi connectivity index (χ1v) is 6.76. The van der Waals surface area contributed by atoms with Crippen LogP contribution in [0.4, 0.5) is 5.69 Å². The van der Waals surface area contributed by atoms with Crippen LogP contribution in [0.25, 0.3) is 0 Å². The van der Waals surface area contributed by atoms with Crippen molar-refractivity contribution in [2.75, 3.05) is 18.4 Å². The van der Waals surface area contributed by atoms with Gasteiger partial charge in [-0.1, -0.05) is 25.1 Å². The Morgan fingerprint density at radius 2 is 2.00 bits per heavy atom. The maximum atomic E-state index is 12.5. The lowest BCUT2D eigenvalue weighted by molar-refractivity contribution is -0.127. The normalized spacial score (nSPS) is 18.3. The number of benzene rings is 1. The van der Waals surface area contributed by atoms with Gasteiger partial charge in [0.05, 0.1) is 5.41 Å². The molecular formula is C15H22N2O. The first-order chi connectivity index (χ1) is 8.68. The molecule has 98 valence electrons. The average Bonchev–Trinajstić information content (AvgIpc) is 2.42. The van der Waals surface area contributed by atoms with Gasteiger partial charge in [0, 0.05) is 5.69 Å². The molecule has 0 unspecified atom stereocenters. The van der Waals surface area contributed by atoms with Crippen LogP contribution in [0.1, 0.15) is 31.7 Å². The number of carbonyl (C=O) groups excluding carboxylic acids is 1. The third-order valence-corrected chi connectivity index (χ3v) is 4.11. The first kappa shape index (κ1) is 13.1. The van der Waals surface area contributed by atoms with Gasteiger partial charge >= 0.3 is 0 Å². The fraction of sp³-hybridized carbons (Fsp3) is 0.533. The molecule has 0 aromatic heterocycles. The Labute approximate surface area is 109 Å². The van der Waals surface area contributed by atoms with Crippen LogP contribution < -0.4 is 10.6 Å². The quantitative estimate of drug-likeness (QED) is 0.861. The Hall–Kier alpha value is -1.35. The Bertz CT molecular complexity index is 422. The number of hydrogen-bond donors (Lipinski definition) is 2. The number of nitrogens with one attached hydrogen (secondary N) is 2. The lowest BCUT2D eigenvalue weighted by atomic mass is 9.76. The number of anilines is 1. The van der Waals surface area contributed by atoms with Gasteiger partial charge in [-0.3, -0.25) is 4.79 Å². The van der Waals surface area contributed by atoms with E-state index in [0.29, 0.717) is 0 Å². The van der Waals surface area contributed by atoms with Crippen LogP contribution >= 0.6 is 0 Å². The SMILES string of the molecule is CCC1(C(=O)Nc2ccccc2C)CCNCC1. The summed E-state index contributed by atoms with van der Waals surface area (Å²) in [5.74, 6) is 0.181. The third-order valence-electron chi connectivity index (χ3n) is 4.11. The van der Waals surface area contributed by atoms with E-state index in [2.05, 4.69) is 17.6 Å². The van der Waals surface area contributed by atoms with Crippen molar-refractivity contribution in [1.82, 2.24) is 5.32 Å². The fourth-order valence-corrected chi connectivity index (χ4v) is 2.61. The molecule has 1 saturated heterocycles. The Kier molecular flexibility index (Phi) is 4.02. The first-order valence-electron chi connectivity index (χ1n) is 6.76. The smallest absolute Gasteiger partial charge is 0.230 e. The predicted octanol–water partition coefficient (Wildman–Crippen LogP) is 2.71. The van der Waals surface area contributed by atoms with Crippen LogP contribution in [-0.4, -0.2) is 19.0 Å². The summed E-state index contributed by atoms with van der Waals surface area (Å²) in [5.41, 5.74) is 1.87. The van der Waals surface area contributed by atoms with E-state index >= 15 is 0 Å². The minimum atomic E-state index is -0.187. The second-order valence-corrected chi connectivity index (χ2v) is 5.15. The van der Waals surface area contributed by atoms with Crippen LogP contribution in [0.5, 0.6) is 0 Å². The molecule has 1 fully saturated rings. The maximum absolute atomic E-state index is 12.5. The van der Waals surface area contributed by atoms with Crippen LogP contribution in [0.2, 0.25) is 0 Å². The summed E-state index contributed by atoms with van der Waals surface area (Å²) in [6.45, 7) is 6.02. The zero-order chi connectivity index (χ0) is 13.0. The third kappa shape index (κ3) is 2.56. The Balaban J connectivity index is 2.13. The minimum absolute atomic E-state index is 0.181. The lowest BCUT2D eigenvalue weighted by Crippen LogP contribution is -2.44. The second kappa shape index (κ2) is 5.53. The van der Waals surface area contributed by atoms with Crippen molar-refractivity contribution in [3.8, 4) is 0 Å². The fourth-order valence-electron chi connectivity index (χ4n) is 2.61. The van der Waals surface area contributed by atoms with E-state index in [4.69, 9.17) is 0 Å². The molecule has 0 saturated carbocycles. The van der Waals surface area contributed by atoms with Crippen molar-refractivity contribution in [2.45, 2.75) is 33.1 Å². The molecule has 3 nitrogen and oxygen atoms in total. The molecule has 1 aliphatic heterocycles. The van der Waals surface area contributed by atoms with Crippen LogP contribution in [0.15, 0.2) is 24.3 Å². The zero-order valence-corrected chi connectivity index (χ0v) is 11.3. The van der Waals surface area contributed by atoms with Gasteiger partial charge in [0.25, 0.3) is 0 Å². The van der Waals surface area contributed by atoms with Gasteiger partial charge in [-0.2, -0.15) is 0 Å². The topological polar surface area (TPSA) is 41.1 Å². The molecule has 0 aliphatic carbocycles. The van der Waals surface area contributed by atoms with E-state index in [1.165, 1.54) is 0 Å². The molecule has 0 bridgehead atoms. The van der Waals surface area contributed by atoms with Crippen molar-refractivity contribution >= 4 is 11.6 Å². The van der Waals surface area contributed by atoms with Gasteiger partial charge in [-0.15, -0.1) is 0 Å². The molecule has 0 spiro atoms. The summed E-state index contributed by atoms with van der Waals surface area (Å²) in [6, 6.07) is 7.95. The summed E-state index contributed by atoms with van der Waals surface area (Å²) in [6.07, 6.45) is 2.77. The molecule has 0 atom stereocenters. The van der Waals surface area contributed by atoms with E-state index < -0.39 is 0 Å². The molecule has 1 heterocycles. The summed E-state index contributed by atoms with van der Waals surface area (Å²) in [4.78, 5) is 12.5. The van der Waals surface area contributed by atoms with E-state index in [1.807, 2.05) is 31.2 Å². The van der Waals surface area contributed by atoms with Crippen molar-refractivity contribution in [2.24, 2.45) is 5.41 Å². The standard InChI is InChI=1S/C15H22N2O/c1-3-15(8-10-16-11-9-15)14(18)17-13-7-5-4-6-12(13)2/h4-7,16H,3,8-11H2,1-2H3,(H,17,18). The molecule has 0 radical (unpaired) electrons. The molecule has 2 rings (SSSR count). The van der Waals surface area contributed by atoms with Gasteiger partial charge in [0.15, 0.2) is 0 Å². The number of aryl methyl sites for hydroxylation is 1. The van der Waals surface area contributed by atoms with Gasteiger partial charge in [-0.05, 0) is 50.9 Å². The summed E-state index contributed by atoms with van der Waals surface area (Å²) >= 11 is 0. The highest BCUT2D eigenvalue weighted by molar-refractivity contribution is 5.96. The van der Waals surface area contributed by atoms with Crippen molar-refractivity contribution in [1.29, 1.82) is 0 Å². The Morgan fingerprint density at radius 3 is 2.61 bits per heavy atom. The number of carbonyl (C=O) groups is 1. The molecular weight excluding hydrogens is 224 g/mol. The van der Waals surface area contributed by atoms with Crippen LogP contribution in [0.3, 0.4) is 0 Å². The van der Waals surface area contributed by atoms with E-state index in [-0.39, 0.29) is 11.3 Å². The van der Waals surface area contributed by atoms with Gasteiger partial charge < -0.3 is 10.6 Å². The van der Waals surface area contributed by atoms with Crippen molar-refractivity contribution < 1.29 is 4.79 Å². The highest BCUT2D eigenvalue weighted by Gasteiger charge is 2.37. The minimum Gasteiger partial charge on any atom is -0.325 e. The average molecular weight is 246 g/mol. The Morgan fingerprint density at radius 1 is 1.33 bits per heavy atom. The van der Waals surface area contributed by atoms with Crippen molar-refractivity contribution in [3.05, 3.63) is 29.8 Å². The van der Waals surface area contributed by atoms with Crippen molar-refractivity contribution in [3.63, 3.8) is 0 Å². The molecule has 1 amide bonds. The van der Waals surface area contributed by atoms with Crippen LogP contribution in [0, 0.1) is 12.3 Å². The summed E-state index contributed by atoms with van der Waals surface area (Å²) < 4.78 is 0. The van der Waals surface area contributed by atoms with Crippen LogP contribution in [-0.2, 0) is 4.79 Å². The molecule has 1 aromatic rings. The van der Waals surface area contributed by atoms with Gasteiger partial charge in [0.1, 0.15) is 0 Å². The highest BCUT2D eigenvalue weighted by Crippen LogP contribution is 2.34. The largest absolute Gasteiger partial charge is 0.325 e. The molecule has 18 heavy (non-hydrogen) atoms. The van der Waals surface area contributed by atoms with E-state index in [9.17, 15) is 4.79 Å². The monoisotopic (exact) mass is 246 g/mol. The van der Waals surface area contributed by atoms with Gasteiger partial charge in [-0.25, -0.2) is 0 Å². The maximum Gasteiger partial charge on any atom is 0.230 e. The number of rotatable bonds is 3. The predicted molar refractivity (Wildman–Crippen MR) is 74.6 cm³/mol. The summed E-state index contributed by atoms with van der Waals surface area (Å²) in [5, 5.41) is 6.43. The van der Waals surface area contributed by atoms with E-state index in [0.717, 1.165) is 43.6 Å². The molecule has 1 aromatic carbocycles.